The van der Waals surface area contributed by atoms with Crippen LogP contribution in [0.2, 0.25) is 0 Å². The maximum Gasteiger partial charge on any atom is 0.122 e. The zero-order valence-electron chi connectivity index (χ0n) is 26.3. The van der Waals surface area contributed by atoms with Gasteiger partial charge >= 0.3 is 0 Å². The first-order valence-electron chi connectivity index (χ1n) is 14.6. The molecule has 1 saturated heterocycles. The summed E-state index contributed by atoms with van der Waals surface area (Å²) in [5, 5.41) is 22.2. The second-order valence-corrected chi connectivity index (χ2v) is 13.9. The van der Waals surface area contributed by atoms with E-state index in [1.807, 2.05) is 0 Å². The van der Waals surface area contributed by atoms with Gasteiger partial charge in [-0.05, 0) is 95.9 Å². The van der Waals surface area contributed by atoms with Crippen molar-refractivity contribution in [1.29, 1.82) is 0 Å². The first-order chi connectivity index (χ1) is 17.5. The molecule has 4 nitrogen and oxygen atoms in total. The molecule has 1 fully saturated rings. The Balaban J connectivity index is 1.89. The molecule has 2 unspecified atom stereocenters. The zero-order chi connectivity index (χ0) is 28.7. The van der Waals surface area contributed by atoms with E-state index in [2.05, 4.69) is 105 Å². The summed E-state index contributed by atoms with van der Waals surface area (Å²) in [6, 6.07) is 5.30. The van der Waals surface area contributed by atoms with Gasteiger partial charge in [-0.1, -0.05) is 67.5 Å². The van der Waals surface area contributed by atoms with E-state index in [1.165, 1.54) is 22.3 Å². The fraction of sp³-hybridized carbons (Fsp3) is 0.647. The van der Waals surface area contributed by atoms with Crippen molar-refractivity contribution in [2.24, 2.45) is 0 Å². The van der Waals surface area contributed by atoms with Crippen LogP contribution in [0.3, 0.4) is 0 Å². The third kappa shape index (κ3) is 6.07. The second-order valence-electron chi connectivity index (χ2n) is 13.9. The predicted molar refractivity (Wildman–Crippen MR) is 162 cm³/mol. The summed E-state index contributed by atoms with van der Waals surface area (Å²) in [4.78, 5) is 5.30. The molecule has 212 valence electrons. The van der Waals surface area contributed by atoms with Crippen LogP contribution in [0, 0.1) is 27.7 Å². The zero-order valence-corrected chi connectivity index (χ0v) is 26.3. The van der Waals surface area contributed by atoms with Gasteiger partial charge in [0.25, 0.3) is 0 Å². The van der Waals surface area contributed by atoms with Gasteiger partial charge in [-0.3, -0.25) is 9.80 Å². The molecule has 0 aliphatic carbocycles. The van der Waals surface area contributed by atoms with Crippen LogP contribution in [0.15, 0.2) is 12.1 Å². The molecule has 2 N–H and O–H groups in total. The fourth-order valence-electron chi connectivity index (χ4n) is 6.29. The Hall–Kier alpha value is -2.04. The summed E-state index contributed by atoms with van der Waals surface area (Å²) in [5.74, 6) is 0.919. The Bertz CT molecular complexity index is 1060. The molecule has 2 atom stereocenters. The van der Waals surface area contributed by atoms with Crippen molar-refractivity contribution in [3.05, 3.63) is 56.6 Å². The van der Waals surface area contributed by atoms with Crippen molar-refractivity contribution >= 4 is 0 Å². The third-order valence-corrected chi connectivity index (χ3v) is 9.00. The van der Waals surface area contributed by atoms with Gasteiger partial charge in [0, 0.05) is 38.3 Å². The molecule has 2 aromatic carbocycles. The first-order valence-corrected chi connectivity index (χ1v) is 14.6. The SMILES string of the molecule is CCC1CN(Cc2c(C)cc(C(C)(C)C)c(O)c2C)C(CC)CN1Cc1c(C)cc(C(C)(C)C)c(O)c1C. The van der Waals surface area contributed by atoms with E-state index in [0.717, 1.165) is 61.3 Å². The Labute approximate surface area is 233 Å². The number of aryl methyl sites for hydroxylation is 2. The highest BCUT2D eigenvalue weighted by molar-refractivity contribution is 5.52. The lowest BCUT2D eigenvalue weighted by Gasteiger charge is -2.47. The minimum atomic E-state index is -0.0845. The standard InChI is InChI=1S/C34H54N2O2/c1-13-25-17-36(20-28-22(4)16-30(34(10,11)12)32(38)24(28)6)26(14-2)18-35(25)19-27-21(3)15-29(33(7,8)9)31(37)23(27)5/h15-16,25-26,37-38H,13-14,17-20H2,1-12H3. The topological polar surface area (TPSA) is 46.9 Å². The lowest BCUT2D eigenvalue weighted by Crippen LogP contribution is -2.57. The van der Waals surface area contributed by atoms with Gasteiger partial charge in [-0.25, -0.2) is 0 Å². The normalized spacial score (nSPS) is 19.8. The molecule has 4 heteroatoms. The quantitative estimate of drug-likeness (QED) is 0.406. The maximum absolute atomic E-state index is 11.1. The molecule has 38 heavy (non-hydrogen) atoms. The Morgan fingerprint density at radius 2 is 0.974 bits per heavy atom. The summed E-state index contributed by atoms with van der Waals surface area (Å²) in [5.41, 5.74) is 9.04. The highest BCUT2D eigenvalue weighted by atomic mass is 16.3. The minimum Gasteiger partial charge on any atom is -0.507 e. The van der Waals surface area contributed by atoms with Gasteiger partial charge in [0.1, 0.15) is 11.5 Å². The summed E-state index contributed by atoms with van der Waals surface area (Å²) < 4.78 is 0. The Morgan fingerprint density at radius 1 is 0.658 bits per heavy atom. The molecule has 2 aromatic rings. The highest BCUT2D eigenvalue weighted by Gasteiger charge is 2.34. The van der Waals surface area contributed by atoms with Crippen molar-refractivity contribution in [1.82, 2.24) is 9.80 Å². The molecule has 0 radical (unpaired) electrons. The minimum absolute atomic E-state index is 0.0845. The van der Waals surface area contributed by atoms with Crippen molar-refractivity contribution in [3.63, 3.8) is 0 Å². The molecule has 1 aliphatic heterocycles. The van der Waals surface area contributed by atoms with Crippen LogP contribution >= 0.6 is 0 Å². The smallest absolute Gasteiger partial charge is 0.122 e. The summed E-state index contributed by atoms with van der Waals surface area (Å²) in [7, 11) is 0. The summed E-state index contributed by atoms with van der Waals surface area (Å²) >= 11 is 0. The van der Waals surface area contributed by atoms with E-state index in [4.69, 9.17) is 0 Å². The summed E-state index contributed by atoms with van der Waals surface area (Å²) in [6.07, 6.45) is 2.17. The largest absolute Gasteiger partial charge is 0.507 e. The molecule has 3 rings (SSSR count). The van der Waals surface area contributed by atoms with Crippen molar-refractivity contribution < 1.29 is 10.2 Å². The van der Waals surface area contributed by atoms with Crippen LogP contribution in [0.25, 0.3) is 0 Å². The Kier molecular flexibility index (Phi) is 9.00. The number of phenols is 2. The molecular formula is C34H54N2O2. The van der Waals surface area contributed by atoms with Crippen molar-refractivity contribution in [2.45, 2.75) is 132 Å². The number of benzene rings is 2. The first kappa shape index (κ1) is 30.5. The van der Waals surface area contributed by atoms with Crippen molar-refractivity contribution in [3.8, 4) is 11.5 Å². The number of piperazine rings is 1. The monoisotopic (exact) mass is 522 g/mol. The molecule has 1 heterocycles. The van der Waals surface area contributed by atoms with Crippen LogP contribution in [0.1, 0.15) is 113 Å². The Morgan fingerprint density at radius 3 is 1.24 bits per heavy atom. The molecule has 0 saturated carbocycles. The van der Waals surface area contributed by atoms with Gasteiger partial charge in [0.15, 0.2) is 0 Å². The van der Waals surface area contributed by atoms with Crippen LogP contribution in [0.4, 0.5) is 0 Å². The molecule has 0 amide bonds. The lowest BCUT2D eigenvalue weighted by atomic mass is 9.82. The van der Waals surface area contributed by atoms with Gasteiger partial charge in [-0.15, -0.1) is 0 Å². The molecule has 0 bridgehead atoms. The third-order valence-electron chi connectivity index (χ3n) is 9.00. The van der Waals surface area contributed by atoms with E-state index in [-0.39, 0.29) is 10.8 Å². The number of phenolic OH excluding ortho intramolecular Hbond substituents is 2. The number of hydrogen-bond acceptors (Lipinski definition) is 4. The van der Waals surface area contributed by atoms with Gasteiger partial charge in [-0.2, -0.15) is 0 Å². The fourth-order valence-corrected chi connectivity index (χ4v) is 6.29. The molecule has 0 aromatic heterocycles. The highest BCUT2D eigenvalue weighted by Crippen LogP contribution is 2.39. The maximum atomic E-state index is 11.1. The number of nitrogens with zero attached hydrogens (tertiary/aromatic N) is 2. The number of rotatable bonds is 6. The molecule has 1 aliphatic rings. The lowest BCUT2D eigenvalue weighted by molar-refractivity contribution is 0.0146. The predicted octanol–water partition coefficient (Wildman–Crippen LogP) is 7.80. The van der Waals surface area contributed by atoms with Crippen LogP contribution < -0.4 is 0 Å². The van der Waals surface area contributed by atoms with Crippen LogP contribution in [-0.4, -0.2) is 45.2 Å². The van der Waals surface area contributed by atoms with Crippen LogP contribution in [0.5, 0.6) is 11.5 Å². The van der Waals surface area contributed by atoms with Gasteiger partial charge in [0.2, 0.25) is 0 Å². The average Bonchev–Trinajstić information content (AvgIpc) is 2.82. The summed E-state index contributed by atoms with van der Waals surface area (Å²) in [6.45, 7) is 29.9. The molecular weight excluding hydrogens is 468 g/mol. The number of aromatic hydroxyl groups is 2. The van der Waals surface area contributed by atoms with Crippen LogP contribution in [-0.2, 0) is 23.9 Å². The molecule has 0 spiro atoms. The van der Waals surface area contributed by atoms with E-state index in [9.17, 15) is 10.2 Å². The van der Waals surface area contributed by atoms with E-state index in [0.29, 0.717) is 23.6 Å². The van der Waals surface area contributed by atoms with Gasteiger partial charge < -0.3 is 10.2 Å². The average molecular weight is 523 g/mol. The van der Waals surface area contributed by atoms with Gasteiger partial charge in [0.05, 0.1) is 0 Å². The number of hydrogen-bond donors (Lipinski definition) is 2. The second kappa shape index (κ2) is 11.2. The van der Waals surface area contributed by atoms with E-state index in [1.54, 1.807) is 0 Å². The van der Waals surface area contributed by atoms with Crippen molar-refractivity contribution in [2.75, 3.05) is 13.1 Å². The van der Waals surface area contributed by atoms with E-state index < -0.39 is 0 Å². The van der Waals surface area contributed by atoms with E-state index >= 15 is 0 Å².